The number of carbonyl (C=O) groups is 1. The molecule has 0 saturated carbocycles. The zero-order valence-corrected chi connectivity index (χ0v) is 12.9. The van der Waals surface area contributed by atoms with Crippen LogP contribution in [0.25, 0.3) is 0 Å². The van der Waals surface area contributed by atoms with Crippen LogP contribution in [0.4, 0.5) is 0 Å². The first kappa shape index (κ1) is 14.5. The van der Waals surface area contributed by atoms with Crippen molar-refractivity contribution in [2.75, 3.05) is 13.1 Å². The van der Waals surface area contributed by atoms with Crippen molar-refractivity contribution in [1.29, 1.82) is 0 Å². The van der Waals surface area contributed by atoms with E-state index in [1.165, 1.54) is 0 Å². The summed E-state index contributed by atoms with van der Waals surface area (Å²) in [6, 6.07) is 8.14. The Morgan fingerprint density at radius 1 is 1.47 bits per heavy atom. The topological polar surface area (TPSA) is 41.1 Å². The highest BCUT2D eigenvalue weighted by atomic mass is 79.9. The van der Waals surface area contributed by atoms with E-state index >= 15 is 0 Å². The van der Waals surface area contributed by atoms with Gasteiger partial charge in [-0.1, -0.05) is 28.1 Å². The van der Waals surface area contributed by atoms with Crippen LogP contribution in [0.2, 0.25) is 0 Å². The van der Waals surface area contributed by atoms with Crippen LogP contribution >= 0.6 is 15.9 Å². The summed E-state index contributed by atoms with van der Waals surface area (Å²) in [7, 11) is 0. The number of carbonyl (C=O) groups excluding carboxylic acids is 1. The van der Waals surface area contributed by atoms with Crippen LogP contribution in [0.3, 0.4) is 0 Å². The lowest BCUT2D eigenvalue weighted by Gasteiger charge is -2.23. The minimum atomic E-state index is 0.0618. The van der Waals surface area contributed by atoms with Gasteiger partial charge in [0.15, 0.2) is 0 Å². The molecule has 0 aliphatic carbocycles. The number of hydrogen-bond donors (Lipinski definition) is 2. The Balaban J connectivity index is 1.84. The minimum Gasteiger partial charge on any atom is -0.350 e. The molecule has 0 aromatic heterocycles. The highest BCUT2D eigenvalue weighted by Crippen LogP contribution is 2.19. The van der Waals surface area contributed by atoms with Crippen molar-refractivity contribution in [2.45, 2.75) is 32.2 Å². The lowest BCUT2D eigenvalue weighted by atomic mass is 9.94. The van der Waals surface area contributed by atoms with Crippen LogP contribution in [-0.2, 0) is 4.79 Å². The molecule has 1 aromatic rings. The lowest BCUT2D eigenvalue weighted by Crippen LogP contribution is -2.33. The Bertz CT molecular complexity index is 430. The van der Waals surface area contributed by atoms with E-state index in [0.717, 1.165) is 36.0 Å². The first-order valence-corrected chi connectivity index (χ1v) is 7.70. The van der Waals surface area contributed by atoms with Gasteiger partial charge in [-0.05, 0) is 56.5 Å². The largest absolute Gasteiger partial charge is 0.350 e. The molecule has 1 aromatic carbocycles. The summed E-state index contributed by atoms with van der Waals surface area (Å²) in [5, 5.41) is 6.41. The van der Waals surface area contributed by atoms with Gasteiger partial charge < -0.3 is 10.6 Å². The van der Waals surface area contributed by atoms with Crippen LogP contribution in [0.5, 0.6) is 0 Å². The van der Waals surface area contributed by atoms with Gasteiger partial charge in [0.25, 0.3) is 0 Å². The van der Waals surface area contributed by atoms with E-state index in [2.05, 4.69) is 32.6 Å². The van der Waals surface area contributed by atoms with E-state index in [1.807, 2.05) is 25.1 Å². The smallest absolute Gasteiger partial charge is 0.220 e. The van der Waals surface area contributed by atoms with Crippen molar-refractivity contribution in [3.8, 4) is 0 Å². The van der Waals surface area contributed by atoms with Crippen molar-refractivity contribution in [3.63, 3.8) is 0 Å². The minimum absolute atomic E-state index is 0.0618. The molecule has 4 heteroatoms. The molecular weight excluding hydrogens is 304 g/mol. The van der Waals surface area contributed by atoms with Gasteiger partial charge in [-0.15, -0.1) is 0 Å². The Morgan fingerprint density at radius 3 is 2.89 bits per heavy atom. The third-order valence-corrected chi connectivity index (χ3v) is 4.15. The zero-order chi connectivity index (χ0) is 13.7. The van der Waals surface area contributed by atoms with E-state index in [0.29, 0.717) is 12.3 Å². The Kier molecular flexibility index (Phi) is 5.40. The second-order valence-electron chi connectivity index (χ2n) is 5.24. The standard InChI is InChI=1S/C15H21BrN2O/c1-11(13-3-2-4-14(16)10-13)18-15(19)9-12-5-7-17-8-6-12/h2-4,10-12,17H,5-9H2,1H3,(H,18,19)/t11-/m0/s1. The fourth-order valence-corrected chi connectivity index (χ4v) is 2.92. The molecule has 0 radical (unpaired) electrons. The third-order valence-electron chi connectivity index (χ3n) is 3.66. The molecule has 1 atom stereocenters. The highest BCUT2D eigenvalue weighted by Gasteiger charge is 2.18. The maximum Gasteiger partial charge on any atom is 0.220 e. The number of piperidine rings is 1. The molecule has 1 aliphatic heterocycles. The molecule has 1 saturated heterocycles. The molecule has 104 valence electrons. The van der Waals surface area contributed by atoms with E-state index in [-0.39, 0.29) is 11.9 Å². The molecule has 3 nitrogen and oxygen atoms in total. The number of nitrogens with one attached hydrogen (secondary N) is 2. The highest BCUT2D eigenvalue weighted by molar-refractivity contribution is 9.10. The number of amides is 1. The van der Waals surface area contributed by atoms with Crippen molar-refractivity contribution in [3.05, 3.63) is 34.3 Å². The zero-order valence-electron chi connectivity index (χ0n) is 11.3. The summed E-state index contributed by atoms with van der Waals surface area (Å²) in [5.41, 5.74) is 1.13. The maximum atomic E-state index is 12.0. The van der Waals surface area contributed by atoms with Crippen LogP contribution in [-0.4, -0.2) is 19.0 Å². The van der Waals surface area contributed by atoms with Crippen LogP contribution in [0, 0.1) is 5.92 Å². The number of rotatable bonds is 4. The third kappa shape index (κ3) is 4.62. The van der Waals surface area contributed by atoms with Gasteiger partial charge in [0.1, 0.15) is 0 Å². The first-order valence-electron chi connectivity index (χ1n) is 6.90. The van der Waals surface area contributed by atoms with Crippen molar-refractivity contribution in [1.82, 2.24) is 10.6 Å². The van der Waals surface area contributed by atoms with Crippen molar-refractivity contribution in [2.24, 2.45) is 5.92 Å². The average Bonchev–Trinajstić information content (AvgIpc) is 2.39. The summed E-state index contributed by atoms with van der Waals surface area (Å²) < 4.78 is 1.05. The summed E-state index contributed by atoms with van der Waals surface area (Å²) in [4.78, 5) is 12.0. The van der Waals surface area contributed by atoms with Crippen molar-refractivity contribution >= 4 is 21.8 Å². The molecular formula is C15H21BrN2O. The Hall–Kier alpha value is -0.870. The molecule has 0 unspecified atom stereocenters. The van der Waals surface area contributed by atoms with Gasteiger partial charge in [-0.2, -0.15) is 0 Å². The van der Waals surface area contributed by atoms with Gasteiger partial charge in [0.05, 0.1) is 6.04 Å². The summed E-state index contributed by atoms with van der Waals surface area (Å²) >= 11 is 3.46. The molecule has 0 bridgehead atoms. The molecule has 1 heterocycles. The lowest BCUT2D eigenvalue weighted by molar-refractivity contribution is -0.122. The molecule has 1 amide bonds. The van der Waals surface area contributed by atoms with Gasteiger partial charge >= 0.3 is 0 Å². The predicted molar refractivity (Wildman–Crippen MR) is 80.9 cm³/mol. The molecule has 1 fully saturated rings. The van der Waals surface area contributed by atoms with Crippen LogP contribution in [0.1, 0.15) is 37.8 Å². The first-order chi connectivity index (χ1) is 9.15. The Labute approximate surface area is 123 Å². The number of hydrogen-bond acceptors (Lipinski definition) is 2. The quantitative estimate of drug-likeness (QED) is 0.893. The molecule has 1 aliphatic rings. The molecule has 2 N–H and O–H groups in total. The summed E-state index contributed by atoms with van der Waals surface area (Å²) in [5.74, 6) is 0.704. The molecule has 0 spiro atoms. The SMILES string of the molecule is C[C@H](NC(=O)CC1CCNCC1)c1cccc(Br)c1. The number of halogens is 1. The van der Waals surface area contributed by atoms with Crippen LogP contribution < -0.4 is 10.6 Å². The normalized spacial score (nSPS) is 18.0. The maximum absolute atomic E-state index is 12.0. The van der Waals surface area contributed by atoms with E-state index in [9.17, 15) is 4.79 Å². The second kappa shape index (κ2) is 7.06. The fraction of sp³-hybridized carbons (Fsp3) is 0.533. The molecule has 19 heavy (non-hydrogen) atoms. The average molecular weight is 325 g/mol. The summed E-state index contributed by atoms with van der Waals surface area (Å²) in [6.07, 6.45) is 2.87. The van der Waals surface area contributed by atoms with E-state index in [4.69, 9.17) is 0 Å². The molecule has 2 rings (SSSR count). The Morgan fingerprint density at radius 2 is 2.21 bits per heavy atom. The number of benzene rings is 1. The van der Waals surface area contributed by atoms with Gasteiger partial charge in [-0.3, -0.25) is 4.79 Å². The fourth-order valence-electron chi connectivity index (χ4n) is 2.51. The van der Waals surface area contributed by atoms with Crippen molar-refractivity contribution < 1.29 is 4.79 Å². The van der Waals surface area contributed by atoms with Gasteiger partial charge in [-0.25, -0.2) is 0 Å². The van der Waals surface area contributed by atoms with Crippen LogP contribution in [0.15, 0.2) is 28.7 Å². The second-order valence-corrected chi connectivity index (χ2v) is 6.16. The van der Waals surface area contributed by atoms with Gasteiger partial charge in [0, 0.05) is 10.9 Å². The predicted octanol–water partition coefficient (Wildman–Crippen LogP) is 3.02. The monoisotopic (exact) mass is 324 g/mol. The van der Waals surface area contributed by atoms with Gasteiger partial charge in [0.2, 0.25) is 5.91 Å². The summed E-state index contributed by atoms with van der Waals surface area (Å²) in [6.45, 7) is 4.11. The van der Waals surface area contributed by atoms with E-state index < -0.39 is 0 Å². The van der Waals surface area contributed by atoms with E-state index in [1.54, 1.807) is 0 Å².